The molecule has 11 heteroatoms. The molecule has 0 unspecified atom stereocenters. The lowest BCUT2D eigenvalue weighted by atomic mass is 9.96. The van der Waals surface area contributed by atoms with E-state index in [4.69, 9.17) is 0 Å². The smallest absolute Gasteiger partial charge is 0.362 e. The summed E-state index contributed by atoms with van der Waals surface area (Å²) < 4.78 is 62.7. The maximum Gasteiger partial charge on any atom is 0.438 e. The molecule has 0 saturated carbocycles. The van der Waals surface area contributed by atoms with Gasteiger partial charge < -0.3 is 5.11 Å². The Labute approximate surface area is 125 Å². The maximum atomic E-state index is 12.9. The Hall–Kier alpha value is -1.20. The molecule has 1 N–H and O–H groups in total. The number of carbonyl (C=O) groups is 1. The van der Waals surface area contributed by atoms with E-state index in [0.29, 0.717) is 0 Å². The van der Waals surface area contributed by atoms with E-state index in [2.05, 4.69) is 5.10 Å². The van der Waals surface area contributed by atoms with Crippen LogP contribution in [-0.2, 0) is 14.8 Å². The van der Waals surface area contributed by atoms with Gasteiger partial charge in [0.2, 0.25) is 15.9 Å². The number of hydrogen-bond acceptors (Lipinski definition) is 5. The van der Waals surface area contributed by atoms with Crippen molar-refractivity contribution in [2.45, 2.75) is 31.2 Å². The second-order valence-electron chi connectivity index (χ2n) is 5.40. The number of amides is 1. The van der Waals surface area contributed by atoms with E-state index >= 15 is 0 Å². The van der Waals surface area contributed by atoms with Gasteiger partial charge in [-0.1, -0.05) is 0 Å². The molecule has 22 heavy (non-hydrogen) atoms. The highest BCUT2D eigenvalue weighted by atomic mass is 32.2. The molecule has 2 rings (SSSR count). The molecule has 1 amide bonds. The zero-order valence-electron chi connectivity index (χ0n) is 11.7. The average molecular weight is 343 g/mol. The van der Waals surface area contributed by atoms with Crippen molar-refractivity contribution in [3.8, 4) is 0 Å². The predicted molar refractivity (Wildman–Crippen MR) is 70.1 cm³/mol. The number of sulfonamides is 1. The molecule has 0 aromatic carbocycles. The summed E-state index contributed by atoms with van der Waals surface area (Å²) in [5, 5.41) is 13.2. The molecule has 0 radical (unpaired) electrons. The molecule has 0 bridgehead atoms. The van der Waals surface area contributed by atoms with Gasteiger partial charge in [-0.25, -0.2) is 12.7 Å². The summed E-state index contributed by atoms with van der Waals surface area (Å²) >= 11 is 0. The van der Waals surface area contributed by atoms with Crippen LogP contribution in [0.4, 0.5) is 13.2 Å². The number of halogens is 3. The van der Waals surface area contributed by atoms with Crippen molar-refractivity contribution < 1.29 is 31.5 Å². The summed E-state index contributed by atoms with van der Waals surface area (Å²) in [5.41, 5.74) is -3.32. The average Bonchev–Trinajstić information content (AvgIpc) is 2.80. The fourth-order valence-corrected chi connectivity index (χ4v) is 3.39. The Bertz CT molecular complexity index is 584. The number of nitrogens with zero attached hydrogens (tertiary/aromatic N) is 3. The molecular weight excluding hydrogens is 327 g/mol. The molecule has 2 aliphatic rings. The first-order chi connectivity index (χ1) is 9.97. The normalized spacial score (nSPS) is 28.3. The number of alkyl halides is 3. The summed E-state index contributed by atoms with van der Waals surface area (Å²) in [7, 11) is -3.39. The minimum atomic E-state index is -5.02. The van der Waals surface area contributed by atoms with Crippen LogP contribution in [0.2, 0.25) is 0 Å². The highest BCUT2D eigenvalue weighted by molar-refractivity contribution is 7.88. The summed E-state index contributed by atoms with van der Waals surface area (Å²) in [6.45, 7) is 0.106. The second-order valence-corrected chi connectivity index (χ2v) is 7.39. The third kappa shape index (κ3) is 2.97. The minimum Gasteiger partial charge on any atom is -0.362 e. The summed E-state index contributed by atoms with van der Waals surface area (Å²) in [5.74, 6) is -1.75. The van der Waals surface area contributed by atoms with Crippen LogP contribution in [0.1, 0.15) is 19.3 Å². The number of hydrazone groups is 1. The van der Waals surface area contributed by atoms with Crippen molar-refractivity contribution in [3.05, 3.63) is 0 Å². The molecular formula is C11H16F3N3O4S. The van der Waals surface area contributed by atoms with Crippen LogP contribution in [0, 0.1) is 5.92 Å². The van der Waals surface area contributed by atoms with E-state index in [9.17, 15) is 31.5 Å². The second kappa shape index (κ2) is 5.46. The van der Waals surface area contributed by atoms with Crippen molar-refractivity contribution in [2.24, 2.45) is 11.0 Å². The third-order valence-corrected chi connectivity index (χ3v) is 5.16. The molecule has 2 heterocycles. The zero-order chi connectivity index (χ0) is 16.8. The lowest BCUT2D eigenvalue weighted by Crippen LogP contribution is -2.58. The molecule has 1 saturated heterocycles. The van der Waals surface area contributed by atoms with Gasteiger partial charge in [-0.2, -0.15) is 23.3 Å². The molecule has 0 aromatic heterocycles. The molecule has 1 atom stereocenters. The molecule has 0 spiro atoms. The van der Waals surface area contributed by atoms with Crippen molar-refractivity contribution in [1.29, 1.82) is 0 Å². The zero-order valence-corrected chi connectivity index (χ0v) is 12.6. The Morgan fingerprint density at radius 2 is 1.91 bits per heavy atom. The number of piperidine rings is 1. The first kappa shape index (κ1) is 17.2. The van der Waals surface area contributed by atoms with E-state index < -0.39 is 40.2 Å². The van der Waals surface area contributed by atoms with E-state index in [0.717, 1.165) is 12.5 Å². The van der Waals surface area contributed by atoms with Gasteiger partial charge in [0.25, 0.3) is 5.72 Å². The number of rotatable bonds is 2. The van der Waals surface area contributed by atoms with Crippen LogP contribution in [0.15, 0.2) is 5.10 Å². The highest BCUT2D eigenvalue weighted by Crippen LogP contribution is 2.40. The summed E-state index contributed by atoms with van der Waals surface area (Å²) in [6, 6.07) is 0. The van der Waals surface area contributed by atoms with Gasteiger partial charge in [-0.15, -0.1) is 0 Å². The summed E-state index contributed by atoms with van der Waals surface area (Å²) in [6.07, 6.45) is -3.78. The number of aliphatic hydroxyl groups is 1. The van der Waals surface area contributed by atoms with Gasteiger partial charge >= 0.3 is 6.18 Å². The lowest BCUT2D eigenvalue weighted by molar-refractivity contribution is -0.303. The van der Waals surface area contributed by atoms with Crippen LogP contribution < -0.4 is 0 Å². The van der Waals surface area contributed by atoms with Gasteiger partial charge in [0, 0.05) is 31.6 Å². The Balaban J connectivity index is 2.09. The monoisotopic (exact) mass is 343 g/mol. The van der Waals surface area contributed by atoms with E-state index in [1.807, 2.05) is 0 Å². The van der Waals surface area contributed by atoms with E-state index in [1.54, 1.807) is 0 Å². The maximum absolute atomic E-state index is 12.9. The van der Waals surface area contributed by atoms with E-state index in [1.165, 1.54) is 4.31 Å². The molecule has 2 aliphatic heterocycles. The predicted octanol–water partition coefficient (Wildman–Crippen LogP) is 0.127. The molecule has 0 aromatic rings. The third-order valence-electron chi connectivity index (χ3n) is 3.86. The molecule has 7 nitrogen and oxygen atoms in total. The number of hydrogen-bond donors (Lipinski definition) is 1. The standard InChI is InChI=1S/C11H16F3N3O4S/c1-22(20,21)16-6-2-8(3-7-16)9(18)17-10(19,4-5-15-17)11(12,13)14/h5,8,19H,2-4,6-7H2,1H3/t10-/m0/s1. The van der Waals surface area contributed by atoms with Crippen molar-refractivity contribution in [1.82, 2.24) is 9.31 Å². The molecule has 126 valence electrons. The Morgan fingerprint density at radius 1 is 1.36 bits per heavy atom. The topological polar surface area (TPSA) is 90.3 Å². The van der Waals surface area contributed by atoms with Crippen LogP contribution in [0.25, 0.3) is 0 Å². The SMILES string of the molecule is CS(=O)(=O)N1CCC(C(=O)N2N=CC[C@]2(O)C(F)(F)F)CC1. The van der Waals surface area contributed by atoms with Crippen LogP contribution in [0.5, 0.6) is 0 Å². The van der Waals surface area contributed by atoms with Gasteiger partial charge in [0.1, 0.15) is 0 Å². The van der Waals surface area contributed by atoms with Gasteiger partial charge in [0.05, 0.1) is 6.26 Å². The largest absolute Gasteiger partial charge is 0.438 e. The lowest BCUT2D eigenvalue weighted by Gasteiger charge is -2.36. The van der Waals surface area contributed by atoms with Gasteiger partial charge in [-0.3, -0.25) is 4.79 Å². The minimum absolute atomic E-state index is 0.0528. The van der Waals surface area contributed by atoms with Crippen molar-refractivity contribution >= 4 is 22.1 Å². The Kier molecular flexibility index (Phi) is 4.26. The first-order valence-electron chi connectivity index (χ1n) is 6.57. The first-order valence-corrected chi connectivity index (χ1v) is 8.42. The van der Waals surface area contributed by atoms with Gasteiger partial charge in [-0.05, 0) is 12.8 Å². The fraction of sp³-hybridized carbons (Fsp3) is 0.818. The van der Waals surface area contributed by atoms with Crippen molar-refractivity contribution in [3.63, 3.8) is 0 Å². The van der Waals surface area contributed by atoms with Gasteiger partial charge in [0.15, 0.2) is 0 Å². The Morgan fingerprint density at radius 3 is 2.36 bits per heavy atom. The fourth-order valence-electron chi connectivity index (χ4n) is 2.51. The molecule has 1 fully saturated rings. The van der Waals surface area contributed by atoms with Crippen LogP contribution in [0.3, 0.4) is 0 Å². The van der Waals surface area contributed by atoms with Crippen molar-refractivity contribution in [2.75, 3.05) is 19.3 Å². The number of carbonyl (C=O) groups excluding carboxylic acids is 1. The van der Waals surface area contributed by atoms with E-state index in [-0.39, 0.29) is 30.9 Å². The quantitative estimate of drug-likeness (QED) is 0.771. The highest BCUT2D eigenvalue weighted by Gasteiger charge is 2.62. The van der Waals surface area contributed by atoms with Crippen LogP contribution in [-0.4, -0.2) is 66.2 Å². The summed E-state index contributed by atoms with van der Waals surface area (Å²) in [4.78, 5) is 12.2. The van der Waals surface area contributed by atoms with Crippen LogP contribution >= 0.6 is 0 Å². The molecule has 0 aliphatic carbocycles.